The van der Waals surface area contributed by atoms with E-state index in [9.17, 15) is 8.42 Å². The highest BCUT2D eigenvalue weighted by molar-refractivity contribution is 7.91. The average molecular weight is 463 g/mol. The summed E-state index contributed by atoms with van der Waals surface area (Å²) in [5.74, 6) is 1.39. The number of nitrogens with one attached hydrogen (secondary N) is 1. The Labute approximate surface area is 194 Å². The largest absolute Gasteiger partial charge is 0.494 e. The molecule has 7 heteroatoms. The summed E-state index contributed by atoms with van der Waals surface area (Å²) in [4.78, 5) is 4.75. The van der Waals surface area contributed by atoms with Crippen LogP contribution in [0.3, 0.4) is 0 Å². The zero-order valence-corrected chi connectivity index (χ0v) is 19.6. The van der Waals surface area contributed by atoms with Gasteiger partial charge in [0, 0.05) is 17.3 Å². The van der Waals surface area contributed by atoms with E-state index in [1.807, 2.05) is 63.2 Å². The lowest BCUT2D eigenvalue weighted by Crippen LogP contribution is -2.07. The number of benzene rings is 3. The third-order valence-electron chi connectivity index (χ3n) is 5.17. The summed E-state index contributed by atoms with van der Waals surface area (Å²) in [7, 11) is -3.83. The van der Waals surface area contributed by atoms with Crippen molar-refractivity contribution < 1.29 is 17.9 Å². The lowest BCUT2D eigenvalue weighted by Gasteiger charge is -2.16. The molecule has 0 saturated carbocycles. The van der Waals surface area contributed by atoms with Crippen LogP contribution in [0.2, 0.25) is 0 Å². The minimum atomic E-state index is -3.83. The highest BCUT2D eigenvalue weighted by atomic mass is 32.2. The number of hydrogen-bond acceptors (Lipinski definition) is 6. The van der Waals surface area contributed by atoms with Crippen molar-refractivity contribution in [3.05, 3.63) is 78.5 Å². The van der Waals surface area contributed by atoms with Crippen LogP contribution in [-0.4, -0.2) is 26.6 Å². The predicted octanol–water partition coefficient (Wildman–Crippen LogP) is 5.92. The first-order valence-electron chi connectivity index (χ1n) is 10.8. The maximum absolute atomic E-state index is 13.6. The maximum atomic E-state index is 13.6. The predicted molar refractivity (Wildman–Crippen MR) is 130 cm³/mol. The van der Waals surface area contributed by atoms with Gasteiger partial charge in [0.25, 0.3) is 0 Å². The molecule has 1 N–H and O–H groups in total. The molecule has 4 rings (SSSR count). The van der Waals surface area contributed by atoms with Gasteiger partial charge in [-0.3, -0.25) is 4.98 Å². The number of aryl methyl sites for hydroxylation is 1. The molecular weight excluding hydrogens is 436 g/mol. The van der Waals surface area contributed by atoms with Crippen molar-refractivity contribution in [2.45, 2.75) is 30.6 Å². The number of sulfone groups is 1. The molecule has 6 nitrogen and oxygen atoms in total. The van der Waals surface area contributed by atoms with Gasteiger partial charge >= 0.3 is 0 Å². The first-order chi connectivity index (χ1) is 15.9. The minimum Gasteiger partial charge on any atom is -0.494 e. The van der Waals surface area contributed by atoms with E-state index in [-0.39, 0.29) is 9.79 Å². The fourth-order valence-electron chi connectivity index (χ4n) is 3.53. The quantitative estimate of drug-likeness (QED) is 0.350. The molecule has 0 saturated heterocycles. The Morgan fingerprint density at radius 1 is 0.848 bits per heavy atom. The van der Waals surface area contributed by atoms with E-state index in [0.717, 1.165) is 17.0 Å². The van der Waals surface area contributed by atoms with Gasteiger partial charge in [-0.1, -0.05) is 17.7 Å². The molecule has 3 aromatic carbocycles. The maximum Gasteiger partial charge on any atom is 0.210 e. The lowest BCUT2D eigenvalue weighted by atomic mass is 10.1. The van der Waals surface area contributed by atoms with Crippen LogP contribution >= 0.6 is 0 Å². The summed E-state index contributed by atoms with van der Waals surface area (Å²) in [6, 6.07) is 19.7. The van der Waals surface area contributed by atoms with E-state index in [2.05, 4.69) is 10.3 Å². The zero-order chi connectivity index (χ0) is 23.4. The standard InChI is InChI=1S/C26H26N2O4S/c1-4-31-20-10-8-19(9-11-20)28-26-23-16-21(32-5-2)12-15-24(23)27-17-25(26)33(29,30)22-13-6-18(3)7-14-22/h6-17H,4-5H2,1-3H3,(H,27,28). The van der Waals surface area contributed by atoms with E-state index >= 15 is 0 Å². The first kappa shape index (κ1) is 22.6. The summed E-state index contributed by atoms with van der Waals surface area (Å²) in [6.07, 6.45) is 1.41. The van der Waals surface area contributed by atoms with Crippen LogP contribution in [0.15, 0.2) is 82.7 Å². The summed E-state index contributed by atoms with van der Waals surface area (Å²) < 4.78 is 38.4. The van der Waals surface area contributed by atoms with Crippen LogP contribution in [0.1, 0.15) is 19.4 Å². The molecule has 1 heterocycles. The zero-order valence-electron chi connectivity index (χ0n) is 18.8. The number of hydrogen-bond donors (Lipinski definition) is 1. The van der Waals surface area contributed by atoms with Crippen molar-refractivity contribution in [2.24, 2.45) is 0 Å². The van der Waals surface area contributed by atoms with Gasteiger partial charge < -0.3 is 14.8 Å². The Bertz CT molecular complexity index is 1370. The van der Waals surface area contributed by atoms with Gasteiger partial charge in [0.15, 0.2) is 0 Å². The fourth-order valence-corrected chi connectivity index (χ4v) is 4.90. The molecule has 0 fully saturated rings. The Morgan fingerprint density at radius 3 is 2.15 bits per heavy atom. The number of anilines is 2. The second kappa shape index (κ2) is 9.50. The third-order valence-corrected chi connectivity index (χ3v) is 6.95. The molecule has 170 valence electrons. The highest BCUT2D eigenvalue weighted by Gasteiger charge is 2.24. The second-order valence-electron chi connectivity index (χ2n) is 7.51. The van der Waals surface area contributed by atoms with Crippen molar-refractivity contribution in [1.29, 1.82) is 0 Å². The van der Waals surface area contributed by atoms with Crippen LogP contribution < -0.4 is 14.8 Å². The summed E-state index contributed by atoms with van der Waals surface area (Å²) in [5.41, 5.74) is 2.83. The summed E-state index contributed by atoms with van der Waals surface area (Å²) in [6.45, 7) is 6.82. The van der Waals surface area contributed by atoms with Gasteiger partial charge in [0.1, 0.15) is 16.4 Å². The topological polar surface area (TPSA) is 77.5 Å². The lowest BCUT2D eigenvalue weighted by molar-refractivity contribution is 0.340. The van der Waals surface area contributed by atoms with E-state index in [4.69, 9.17) is 9.47 Å². The van der Waals surface area contributed by atoms with Crippen molar-refractivity contribution in [2.75, 3.05) is 18.5 Å². The highest BCUT2D eigenvalue weighted by Crippen LogP contribution is 2.37. The molecular formula is C26H26N2O4S. The second-order valence-corrected chi connectivity index (χ2v) is 9.43. The van der Waals surface area contributed by atoms with E-state index in [0.29, 0.717) is 35.6 Å². The third kappa shape index (κ3) is 4.78. The SMILES string of the molecule is CCOc1ccc(Nc2c(S(=O)(=O)c3ccc(C)cc3)cnc3ccc(OCC)cc23)cc1. The molecule has 0 aliphatic carbocycles. The van der Waals surface area contributed by atoms with Crippen LogP contribution in [0.4, 0.5) is 11.4 Å². The summed E-state index contributed by atoms with van der Waals surface area (Å²) in [5, 5.41) is 3.97. The van der Waals surface area contributed by atoms with Crippen LogP contribution in [0.25, 0.3) is 10.9 Å². The smallest absolute Gasteiger partial charge is 0.210 e. The monoisotopic (exact) mass is 462 g/mol. The number of nitrogens with zero attached hydrogens (tertiary/aromatic N) is 1. The number of fused-ring (bicyclic) bond motifs is 1. The molecule has 0 aliphatic rings. The molecule has 0 bridgehead atoms. The van der Waals surface area contributed by atoms with Crippen LogP contribution in [0, 0.1) is 6.92 Å². The average Bonchev–Trinajstić information content (AvgIpc) is 2.81. The van der Waals surface area contributed by atoms with Crippen LogP contribution in [0.5, 0.6) is 11.5 Å². The van der Waals surface area contributed by atoms with E-state index in [1.54, 1.807) is 24.3 Å². The molecule has 0 atom stereocenters. The molecule has 0 aliphatic heterocycles. The molecule has 0 amide bonds. The number of rotatable bonds is 8. The Hall–Kier alpha value is -3.58. The first-order valence-corrected chi connectivity index (χ1v) is 12.3. The Balaban J connectivity index is 1.89. The summed E-state index contributed by atoms with van der Waals surface area (Å²) >= 11 is 0. The molecule has 0 spiro atoms. The number of aromatic nitrogens is 1. The fraction of sp³-hybridized carbons (Fsp3) is 0.192. The Morgan fingerprint density at radius 2 is 1.48 bits per heavy atom. The molecule has 33 heavy (non-hydrogen) atoms. The van der Waals surface area contributed by atoms with Crippen molar-refractivity contribution >= 4 is 32.1 Å². The van der Waals surface area contributed by atoms with Gasteiger partial charge in [-0.15, -0.1) is 0 Å². The molecule has 4 aromatic rings. The normalized spacial score (nSPS) is 11.4. The van der Waals surface area contributed by atoms with Crippen molar-refractivity contribution in [1.82, 2.24) is 4.98 Å². The van der Waals surface area contributed by atoms with Gasteiger partial charge in [0.05, 0.1) is 29.3 Å². The number of pyridine rings is 1. The molecule has 0 radical (unpaired) electrons. The van der Waals surface area contributed by atoms with Gasteiger partial charge in [-0.2, -0.15) is 0 Å². The Kier molecular flexibility index (Phi) is 6.51. The van der Waals surface area contributed by atoms with Crippen LogP contribution in [-0.2, 0) is 9.84 Å². The van der Waals surface area contributed by atoms with E-state index in [1.165, 1.54) is 6.20 Å². The van der Waals surface area contributed by atoms with Crippen molar-refractivity contribution in [3.8, 4) is 11.5 Å². The van der Waals surface area contributed by atoms with Gasteiger partial charge in [0.2, 0.25) is 9.84 Å². The van der Waals surface area contributed by atoms with Crippen molar-refractivity contribution in [3.63, 3.8) is 0 Å². The van der Waals surface area contributed by atoms with Gasteiger partial charge in [-0.05, 0) is 75.4 Å². The molecule has 0 unspecified atom stereocenters. The number of ether oxygens (including phenoxy) is 2. The van der Waals surface area contributed by atoms with Gasteiger partial charge in [-0.25, -0.2) is 8.42 Å². The minimum absolute atomic E-state index is 0.0985. The molecule has 1 aromatic heterocycles. The van der Waals surface area contributed by atoms with E-state index < -0.39 is 9.84 Å².